The van der Waals surface area contributed by atoms with Gasteiger partial charge in [0, 0.05) is 21.1 Å². The van der Waals surface area contributed by atoms with E-state index in [-0.39, 0.29) is 6.42 Å². The first kappa shape index (κ1) is 11.2. The Kier molecular flexibility index (Phi) is 3.01. The van der Waals surface area contributed by atoms with Crippen molar-refractivity contribution in [2.24, 2.45) is 0 Å². The number of benzene rings is 1. The van der Waals surface area contributed by atoms with E-state index in [1.165, 1.54) is 0 Å². The number of carbonyl (C=O) groups is 1. The molecule has 1 aromatic heterocycles. The molecule has 1 heterocycles. The van der Waals surface area contributed by atoms with Crippen molar-refractivity contribution < 1.29 is 9.90 Å². The normalized spacial score (nSPS) is 10.9. The number of carboxylic acids is 1. The smallest absolute Gasteiger partial charge is 0.303 e. The minimum atomic E-state index is -0.765. The highest BCUT2D eigenvalue weighted by molar-refractivity contribution is 9.10. The molecular weight excluding hydrogens is 270 g/mol. The molecule has 0 fully saturated rings. The van der Waals surface area contributed by atoms with E-state index in [0.717, 1.165) is 26.6 Å². The molecule has 16 heavy (non-hydrogen) atoms. The van der Waals surface area contributed by atoms with Crippen LogP contribution in [0, 0.1) is 6.92 Å². The fourth-order valence-electron chi connectivity index (χ4n) is 1.84. The van der Waals surface area contributed by atoms with Crippen LogP contribution in [0.15, 0.2) is 22.7 Å². The summed E-state index contributed by atoms with van der Waals surface area (Å²) in [5.41, 5.74) is 3.20. The molecule has 0 spiro atoms. The van der Waals surface area contributed by atoms with Gasteiger partial charge in [0.25, 0.3) is 0 Å². The molecule has 2 rings (SSSR count). The van der Waals surface area contributed by atoms with Gasteiger partial charge in [-0.25, -0.2) is 0 Å². The highest BCUT2D eigenvalue weighted by Crippen LogP contribution is 2.25. The van der Waals surface area contributed by atoms with Crippen LogP contribution < -0.4 is 0 Å². The fraction of sp³-hybridized carbons (Fsp3) is 0.250. The summed E-state index contributed by atoms with van der Waals surface area (Å²) in [5, 5.41) is 9.81. The maximum absolute atomic E-state index is 10.5. The molecule has 0 amide bonds. The molecule has 0 saturated carbocycles. The van der Waals surface area contributed by atoms with Crippen LogP contribution in [-0.2, 0) is 11.2 Å². The van der Waals surface area contributed by atoms with E-state index in [0.29, 0.717) is 6.42 Å². The Morgan fingerprint density at radius 2 is 2.25 bits per heavy atom. The molecule has 0 aliphatic heterocycles. The van der Waals surface area contributed by atoms with E-state index in [4.69, 9.17) is 5.11 Å². The molecule has 3 nitrogen and oxygen atoms in total. The maximum atomic E-state index is 10.5. The standard InChI is InChI=1S/C12H12BrNO2/c1-7-9-6-8(13)2-3-11(9)14-10(7)4-5-12(15)16/h2-3,6,14H,4-5H2,1H3,(H,15,16). The van der Waals surface area contributed by atoms with Crippen LogP contribution >= 0.6 is 15.9 Å². The van der Waals surface area contributed by atoms with Gasteiger partial charge in [0.1, 0.15) is 0 Å². The molecule has 0 radical (unpaired) electrons. The van der Waals surface area contributed by atoms with Crippen molar-refractivity contribution in [2.45, 2.75) is 19.8 Å². The lowest BCUT2D eigenvalue weighted by Gasteiger charge is -1.96. The first-order valence-electron chi connectivity index (χ1n) is 5.06. The summed E-state index contributed by atoms with van der Waals surface area (Å²) in [4.78, 5) is 13.8. The number of aromatic nitrogens is 1. The summed E-state index contributed by atoms with van der Waals surface area (Å²) >= 11 is 3.43. The second kappa shape index (κ2) is 4.29. The van der Waals surface area contributed by atoms with Gasteiger partial charge in [-0.3, -0.25) is 4.79 Å². The minimum Gasteiger partial charge on any atom is -0.481 e. The summed E-state index contributed by atoms with van der Waals surface area (Å²) in [7, 11) is 0. The van der Waals surface area contributed by atoms with E-state index in [2.05, 4.69) is 20.9 Å². The Bertz CT molecular complexity index is 545. The molecule has 0 aliphatic rings. The van der Waals surface area contributed by atoms with E-state index in [1.54, 1.807) is 0 Å². The van der Waals surface area contributed by atoms with Gasteiger partial charge >= 0.3 is 5.97 Å². The van der Waals surface area contributed by atoms with Crippen molar-refractivity contribution in [1.29, 1.82) is 0 Å². The molecule has 0 saturated heterocycles. The summed E-state index contributed by atoms with van der Waals surface area (Å²) in [6, 6.07) is 6.02. The zero-order valence-corrected chi connectivity index (χ0v) is 10.5. The third-order valence-corrected chi connectivity index (χ3v) is 3.21. The molecule has 4 heteroatoms. The zero-order chi connectivity index (χ0) is 11.7. The maximum Gasteiger partial charge on any atom is 0.303 e. The summed E-state index contributed by atoms with van der Waals surface area (Å²) in [6.07, 6.45) is 0.711. The van der Waals surface area contributed by atoms with E-state index < -0.39 is 5.97 Å². The van der Waals surface area contributed by atoms with Gasteiger partial charge in [0.05, 0.1) is 6.42 Å². The van der Waals surface area contributed by atoms with Crippen molar-refractivity contribution in [3.05, 3.63) is 33.9 Å². The van der Waals surface area contributed by atoms with Crippen molar-refractivity contribution in [2.75, 3.05) is 0 Å². The molecule has 2 N–H and O–H groups in total. The van der Waals surface area contributed by atoms with Crippen molar-refractivity contribution in [3.63, 3.8) is 0 Å². The van der Waals surface area contributed by atoms with Gasteiger partial charge in [-0.15, -0.1) is 0 Å². The predicted octanol–water partition coefficient (Wildman–Crippen LogP) is 3.26. The van der Waals surface area contributed by atoms with Gasteiger partial charge in [0.2, 0.25) is 0 Å². The third kappa shape index (κ3) is 2.11. The van der Waals surface area contributed by atoms with Crippen molar-refractivity contribution in [1.82, 2.24) is 4.98 Å². The number of carboxylic acid groups (broad SMARTS) is 1. The lowest BCUT2D eigenvalue weighted by molar-refractivity contribution is -0.136. The number of hydrogen-bond acceptors (Lipinski definition) is 1. The summed E-state index contributed by atoms with van der Waals surface area (Å²) in [6.45, 7) is 2.02. The molecular formula is C12H12BrNO2. The number of aliphatic carboxylic acids is 1. The monoisotopic (exact) mass is 281 g/mol. The van der Waals surface area contributed by atoms with Crippen LogP contribution in [0.5, 0.6) is 0 Å². The van der Waals surface area contributed by atoms with Crippen LogP contribution in [0.4, 0.5) is 0 Å². The Morgan fingerprint density at radius 3 is 2.94 bits per heavy atom. The molecule has 0 atom stereocenters. The average Bonchev–Trinajstić information content (AvgIpc) is 2.53. The third-order valence-electron chi connectivity index (χ3n) is 2.71. The lowest BCUT2D eigenvalue weighted by Crippen LogP contribution is -1.98. The highest BCUT2D eigenvalue weighted by Gasteiger charge is 2.09. The Labute approximate surface area is 102 Å². The van der Waals surface area contributed by atoms with Crippen molar-refractivity contribution >= 4 is 32.8 Å². The zero-order valence-electron chi connectivity index (χ0n) is 8.88. The quantitative estimate of drug-likeness (QED) is 0.907. The van der Waals surface area contributed by atoms with Gasteiger partial charge in [-0.1, -0.05) is 15.9 Å². The minimum absolute atomic E-state index is 0.162. The fourth-order valence-corrected chi connectivity index (χ4v) is 2.20. The van der Waals surface area contributed by atoms with Gasteiger partial charge in [0.15, 0.2) is 0 Å². The van der Waals surface area contributed by atoms with Crippen LogP contribution in [0.25, 0.3) is 10.9 Å². The Hall–Kier alpha value is -1.29. The number of H-pyrrole nitrogens is 1. The van der Waals surface area contributed by atoms with Gasteiger partial charge in [-0.2, -0.15) is 0 Å². The number of hydrogen-bond donors (Lipinski definition) is 2. The second-order valence-corrected chi connectivity index (χ2v) is 4.73. The Balaban J connectivity index is 2.40. The first-order valence-corrected chi connectivity index (χ1v) is 5.85. The summed E-state index contributed by atoms with van der Waals surface area (Å²) in [5.74, 6) is -0.765. The van der Waals surface area contributed by atoms with E-state index in [9.17, 15) is 4.79 Å². The average molecular weight is 282 g/mol. The van der Waals surface area contributed by atoms with Gasteiger partial charge in [-0.05, 0) is 37.1 Å². The van der Waals surface area contributed by atoms with Crippen LogP contribution in [-0.4, -0.2) is 16.1 Å². The number of nitrogens with one attached hydrogen (secondary N) is 1. The molecule has 2 aromatic rings. The number of aryl methyl sites for hydroxylation is 2. The molecule has 0 bridgehead atoms. The second-order valence-electron chi connectivity index (χ2n) is 3.81. The Morgan fingerprint density at radius 1 is 1.50 bits per heavy atom. The largest absolute Gasteiger partial charge is 0.481 e. The van der Waals surface area contributed by atoms with E-state index in [1.807, 2.05) is 25.1 Å². The summed E-state index contributed by atoms with van der Waals surface area (Å²) < 4.78 is 1.03. The molecule has 84 valence electrons. The van der Waals surface area contributed by atoms with E-state index >= 15 is 0 Å². The highest BCUT2D eigenvalue weighted by atomic mass is 79.9. The number of halogens is 1. The van der Waals surface area contributed by atoms with Gasteiger partial charge < -0.3 is 10.1 Å². The molecule has 1 aromatic carbocycles. The topological polar surface area (TPSA) is 53.1 Å². The number of aromatic amines is 1. The van der Waals surface area contributed by atoms with Crippen LogP contribution in [0.3, 0.4) is 0 Å². The number of rotatable bonds is 3. The van der Waals surface area contributed by atoms with Crippen molar-refractivity contribution in [3.8, 4) is 0 Å². The molecule has 0 unspecified atom stereocenters. The predicted molar refractivity (Wildman–Crippen MR) is 66.7 cm³/mol. The number of fused-ring (bicyclic) bond motifs is 1. The lowest BCUT2D eigenvalue weighted by atomic mass is 10.1. The molecule has 0 aliphatic carbocycles. The first-order chi connectivity index (χ1) is 7.58. The van der Waals surface area contributed by atoms with Crippen LogP contribution in [0.1, 0.15) is 17.7 Å². The van der Waals surface area contributed by atoms with Crippen LogP contribution in [0.2, 0.25) is 0 Å². The SMILES string of the molecule is Cc1c(CCC(=O)O)[nH]c2ccc(Br)cc12.